The molecular formula is C24H22F3N3O. The molecule has 0 saturated heterocycles. The average Bonchev–Trinajstić information content (AvgIpc) is 2.78. The molecule has 2 heterocycles. The van der Waals surface area contributed by atoms with Crippen LogP contribution >= 0.6 is 0 Å². The van der Waals surface area contributed by atoms with Gasteiger partial charge in [-0.2, -0.15) is 13.2 Å². The Kier molecular flexibility index (Phi) is 5.76. The van der Waals surface area contributed by atoms with Crippen LogP contribution in [-0.4, -0.2) is 22.1 Å². The molecule has 0 unspecified atom stereocenters. The third kappa shape index (κ3) is 4.60. The van der Waals surface area contributed by atoms with Crippen LogP contribution in [0.15, 0.2) is 60.9 Å². The minimum Gasteiger partial charge on any atom is -0.344 e. The second-order valence-electron chi connectivity index (χ2n) is 7.79. The molecule has 1 N–H and O–H groups in total. The van der Waals surface area contributed by atoms with E-state index in [0.29, 0.717) is 17.5 Å². The standard InChI is InChI=1S/C24H22F3N3O/c1-15(21-7-2-3-12-28-21)30-23(31)18-13-17-5-4-6-20(22(17)29-14-18)16-8-10-19(11-9-16)24(25,26)27/h2-8,12-15,19H,9-11H2,1H3,(H,30,31)/t15-,19+/m0/s1. The van der Waals surface area contributed by atoms with E-state index in [1.807, 2.05) is 43.3 Å². The van der Waals surface area contributed by atoms with Crippen molar-refractivity contribution in [2.45, 2.75) is 38.4 Å². The average molecular weight is 425 g/mol. The van der Waals surface area contributed by atoms with E-state index >= 15 is 0 Å². The third-order valence-electron chi connectivity index (χ3n) is 5.67. The lowest BCUT2D eigenvalue weighted by molar-refractivity contribution is -0.175. The molecule has 0 saturated carbocycles. The predicted molar refractivity (Wildman–Crippen MR) is 113 cm³/mol. The third-order valence-corrected chi connectivity index (χ3v) is 5.67. The summed E-state index contributed by atoms with van der Waals surface area (Å²) in [5, 5.41) is 3.69. The summed E-state index contributed by atoms with van der Waals surface area (Å²) in [6.07, 6.45) is 1.12. The fourth-order valence-corrected chi connectivity index (χ4v) is 3.91. The summed E-state index contributed by atoms with van der Waals surface area (Å²) >= 11 is 0. The molecular weight excluding hydrogens is 403 g/mol. The first-order valence-electron chi connectivity index (χ1n) is 10.2. The number of hydrogen-bond donors (Lipinski definition) is 1. The molecule has 1 aromatic carbocycles. The summed E-state index contributed by atoms with van der Waals surface area (Å²) in [6, 6.07) is 12.6. The topological polar surface area (TPSA) is 54.9 Å². The minimum absolute atomic E-state index is 0.0128. The molecule has 4 nitrogen and oxygen atoms in total. The van der Waals surface area contributed by atoms with Crippen LogP contribution in [0.5, 0.6) is 0 Å². The molecule has 1 amide bonds. The number of para-hydroxylation sites is 1. The molecule has 2 atom stereocenters. The zero-order chi connectivity index (χ0) is 22.0. The molecule has 0 radical (unpaired) electrons. The number of aromatic nitrogens is 2. The molecule has 2 aromatic heterocycles. The van der Waals surface area contributed by atoms with E-state index < -0.39 is 12.1 Å². The largest absolute Gasteiger partial charge is 0.392 e. The molecule has 1 aliphatic rings. The van der Waals surface area contributed by atoms with Gasteiger partial charge in [0.2, 0.25) is 0 Å². The molecule has 31 heavy (non-hydrogen) atoms. The first-order chi connectivity index (χ1) is 14.8. The first kappa shape index (κ1) is 21.0. The van der Waals surface area contributed by atoms with Crippen LogP contribution in [0.4, 0.5) is 13.2 Å². The maximum atomic E-state index is 13.0. The fraction of sp³-hybridized carbons (Fsp3) is 0.292. The number of hydrogen-bond acceptors (Lipinski definition) is 3. The Morgan fingerprint density at radius 1 is 1.16 bits per heavy atom. The molecule has 7 heteroatoms. The summed E-state index contributed by atoms with van der Waals surface area (Å²) in [6.45, 7) is 1.86. The van der Waals surface area contributed by atoms with Crippen LogP contribution in [0.2, 0.25) is 0 Å². The number of benzene rings is 1. The quantitative estimate of drug-likeness (QED) is 0.569. The number of carbonyl (C=O) groups excluding carboxylic acids is 1. The van der Waals surface area contributed by atoms with Crippen molar-refractivity contribution in [2.24, 2.45) is 5.92 Å². The Bertz CT molecular complexity index is 1130. The normalized spacial score (nSPS) is 17.8. The summed E-state index contributed by atoms with van der Waals surface area (Å²) in [5.41, 5.74) is 3.57. The van der Waals surface area contributed by atoms with Crippen LogP contribution in [0.3, 0.4) is 0 Å². The van der Waals surface area contributed by atoms with E-state index in [1.165, 1.54) is 6.20 Å². The van der Waals surface area contributed by atoms with Crippen molar-refractivity contribution in [1.29, 1.82) is 0 Å². The molecule has 1 aliphatic carbocycles. The van der Waals surface area contributed by atoms with Crippen molar-refractivity contribution < 1.29 is 18.0 Å². The monoisotopic (exact) mass is 425 g/mol. The van der Waals surface area contributed by atoms with Gasteiger partial charge in [0.25, 0.3) is 5.91 Å². The van der Waals surface area contributed by atoms with Crippen molar-refractivity contribution >= 4 is 22.4 Å². The van der Waals surface area contributed by atoms with E-state index in [0.717, 1.165) is 22.2 Å². The van der Waals surface area contributed by atoms with E-state index in [-0.39, 0.29) is 24.8 Å². The summed E-state index contributed by atoms with van der Waals surface area (Å²) in [5.74, 6) is -1.54. The van der Waals surface area contributed by atoms with Gasteiger partial charge in [0, 0.05) is 23.3 Å². The van der Waals surface area contributed by atoms with Crippen LogP contribution in [0.1, 0.15) is 53.8 Å². The highest BCUT2D eigenvalue weighted by Crippen LogP contribution is 2.40. The van der Waals surface area contributed by atoms with Gasteiger partial charge in [-0.25, -0.2) is 0 Å². The zero-order valence-corrected chi connectivity index (χ0v) is 17.0. The number of amides is 1. The molecule has 0 bridgehead atoms. The Hall–Kier alpha value is -3.22. The van der Waals surface area contributed by atoms with Crippen molar-refractivity contribution in [1.82, 2.24) is 15.3 Å². The second-order valence-corrected chi connectivity index (χ2v) is 7.79. The highest BCUT2D eigenvalue weighted by Gasteiger charge is 2.39. The fourth-order valence-electron chi connectivity index (χ4n) is 3.91. The predicted octanol–water partition coefficient (Wildman–Crippen LogP) is 5.87. The maximum Gasteiger partial charge on any atom is 0.392 e. The van der Waals surface area contributed by atoms with E-state index in [9.17, 15) is 18.0 Å². The Balaban J connectivity index is 1.56. The van der Waals surface area contributed by atoms with Crippen LogP contribution < -0.4 is 5.32 Å². The van der Waals surface area contributed by atoms with Crippen molar-refractivity contribution in [3.63, 3.8) is 0 Å². The maximum absolute atomic E-state index is 13.0. The van der Waals surface area contributed by atoms with Crippen LogP contribution in [0.25, 0.3) is 16.5 Å². The molecule has 3 aromatic rings. The van der Waals surface area contributed by atoms with Gasteiger partial charge in [0.15, 0.2) is 0 Å². The van der Waals surface area contributed by atoms with Gasteiger partial charge in [-0.3, -0.25) is 14.8 Å². The Morgan fingerprint density at radius 2 is 2.00 bits per heavy atom. The molecule has 160 valence electrons. The number of rotatable bonds is 4. The molecule has 0 fully saturated rings. The minimum atomic E-state index is -4.16. The highest BCUT2D eigenvalue weighted by molar-refractivity contribution is 5.99. The number of pyridine rings is 2. The summed E-state index contributed by atoms with van der Waals surface area (Å²) in [7, 11) is 0. The smallest absolute Gasteiger partial charge is 0.344 e. The van der Waals surface area contributed by atoms with Gasteiger partial charge in [-0.1, -0.05) is 30.3 Å². The van der Waals surface area contributed by atoms with Gasteiger partial charge >= 0.3 is 6.18 Å². The molecule has 0 aliphatic heterocycles. The van der Waals surface area contributed by atoms with Crippen LogP contribution in [-0.2, 0) is 0 Å². The van der Waals surface area contributed by atoms with Gasteiger partial charge in [-0.15, -0.1) is 0 Å². The number of alkyl halides is 3. The van der Waals surface area contributed by atoms with E-state index in [2.05, 4.69) is 15.3 Å². The molecule has 4 rings (SSSR count). The number of carbonyl (C=O) groups is 1. The second kappa shape index (κ2) is 8.49. The number of halogens is 3. The van der Waals surface area contributed by atoms with Crippen molar-refractivity contribution in [3.8, 4) is 0 Å². The van der Waals surface area contributed by atoms with E-state index in [4.69, 9.17) is 0 Å². The first-order valence-corrected chi connectivity index (χ1v) is 10.2. The number of allylic oxidation sites excluding steroid dienone is 2. The van der Waals surface area contributed by atoms with Gasteiger partial charge in [0.1, 0.15) is 0 Å². The van der Waals surface area contributed by atoms with E-state index in [1.54, 1.807) is 18.3 Å². The Morgan fingerprint density at radius 3 is 2.68 bits per heavy atom. The SMILES string of the molecule is C[C@H](NC(=O)c1cnc2c(C3=CC[C@@H](C(F)(F)F)CC3)cccc2c1)c1ccccn1. The molecule has 0 spiro atoms. The highest BCUT2D eigenvalue weighted by atomic mass is 19.4. The number of nitrogens with one attached hydrogen (secondary N) is 1. The van der Waals surface area contributed by atoms with Gasteiger partial charge in [0.05, 0.1) is 28.7 Å². The summed E-state index contributed by atoms with van der Waals surface area (Å²) < 4.78 is 38.9. The van der Waals surface area contributed by atoms with Crippen LogP contribution in [0, 0.1) is 5.92 Å². The lowest BCUT2D eigenvalue weighted by Crippen LogP contribution is -2.27. The lowest BCUT2D eigenvalue weighted by atomic mass is 9.85. The van der Waals surface area contributed by atoms with Crippen molar-refractivity contribution in [3.05, 3.63) is 77.8 Å². The summed E-state index contributed by atoms with van der Waals surface area (Å²) in [4.78, 5) is 21.4. The zero-order valence-electron chi connectivity index (χ0n) is 17.0. The number of nitrogens with zero attached hydrogens (tertiary/aromatic N) is 2. The Labute approximate surface area is 178 Å². The van der Waals surface area contributed by atoms with Gasteiger partial charge < -0.3 is 5.32 Å². The number of fused-ring (bicyclic) bond motifs is 1. The van der Waals surface area contributed by atoms with Gasteiger partial charge in [-0.05, 0) is 50.0 Å². The van der Waals surface area contributed by atoms with Crippen molar-refractivity contribution in [2.75, 3.05) is 0 Å². The lowest BCUT2D eigenvalue weighted by Gasteiger charge is -2.24.